The molecule has 0 saturated carbocycles. The van der Waals surface area contributed by atoms with Crippen molar-refractivity contribution in [2.45, 2.75) is 26.0 Å². The molecule has 1 saturated heterocycles. The summed E-state index contributed by atoms with van der Waals surface area (Å²) < 4.78 is 30.1. The van der Waals surface area contributed by atoms with Crippen molar-refractivity contribution in [3.05, 3.63) is 69.6 Å². The summed E-state index contributed by atoms with van der Waals surface area (Å²) >= 11 is 12.2. The Hall–Kier alpha value is -2.49. The molecule has 1 heterocycles. The summed E-state index contributed by atoms with van der Waals surface area (Å²) in [5.74, 6) is -0.488. The number of rotatable bonds is 9. The van der Waals surface area contributed by atoms with E-state index in [1.54, 1.807) is 30.3 Å². The predicted octanol–water partition coefficient (Wildman–Crippen LogP) is 5.24. The highest BCUT2D eigenvalue weighted by Gasteiger charge is 2.32. The van der Waals surface area contributed by atoms with Gasteiger partial charge in [-0.1, -0.05) is 65.9 Å². The maximum atomic E-state index is 12.7. The molecule has 0 atom stereocenters. The van der Waals surface area contributed by atoms with Gasteiger partial charge in [-0.25, -0.2) is 0 Å². The Bertz CT molecular complexity index is 1030. The highest BCUT2D eigenvalue weighted by atomic mass is 35.5. The van der Waals surface area contributed by atoms with Gasteiger partial charge in [0.05, 0.1) is 4.91 Å². The molecular formula is C22H19ClF2N2O3S2. The van der Waals surface area contributed by atoms with Crippen LogP contribution in [0.1, 0.15) is 24.0 Å². The average Bonchev–Trinajstić information content (AvgIpc) is 3.02. The number of benzene rings is 2. The van der Waals surface area contributed by atoms with Crippen LogP contribution in [-0.4, -0.2) is 34.2 Å². The van der Waals surface area contributed by atoms with Crippen LogP contribution in [0.5, 0.6) is 5.75 Å². The Morgan fingerprint density at radius 2 is 1.94 bits per heavy atom. The molecular weight excluding hydrogens is 478 g/mol. The van der Waals surface area contributed by atoms with E-state index in [1.807, 2.05) is 12.1 Å². The van der Waals surface area contributed by atoms with Gasteiger partial charge in [0, 0.05) is 30.1 Å². The van der Waals surface area contributed by atoms with Crippen LogP contribution in [0, 0.1) is 0 Å². The standard InChI is InChI=1S/C22H19ClF2N2O3S2/c23-16-9-7-14(8-10-16)13-26-19(28)6-3-11-27-20(29)18(32-22(27)31)12-15-4-1-2-5-17(15)30-21(24)25/h1-2,4-5,7-10,12,21H,3,6,11,13H2,(H,26,28). The molecule has 1 aliphatic rings. The second kappa shape index (κ2) is 11.4. The fraction of sp³-hybridized carbons (Fsp3) is 0.227. The highest BCUT2D eigenvalue weighted by molar-refractivity contribution is 8.26. The molecule has 0 radical (unpaired) electrons. The maximum Gasteiger partial charge on any atom is 0.387 e. The maximum absolute atomic E-state index is 12.7. The molecule has 0 bridgehead atoms. The molecule has 1 N–H and O–H groups in total. The van der Waals surface area contributed by atoms with Crippen molar-refractivity contribution in [2.75, 3.05) is 6.54 Å². The molecule has 2 aromatic rings. The first kappa shape index (κ1) is 24.2. The summed E-state index contributed by atoms with van der Waals surface area (Å²) in [7, 11) is 0. The minimum atomic E-state index is -2.97. The van der Waals surface area contributed by atoms with Gasteiger partial charge in [-0.3, -0.25) is 14.5 Å². The van der Waals surface area contributed by atoms with E-state index in [0.29, 0.717) is 32.8 Å². The van der Waals surface area contributed by atoms with Gasteiger partial charge in [-0.05, 0) is 36.3 Å². The van der Waals surface area contributed by atoms with Crippen LogP contribution in [0.25, 0.3) is 6.08 Å². The Morgan fingerprint density at radius 1 is 1.22 bits per heavy atom. The van der Waals surface area contributed by atoms with Crippen LogP contribution in [0.2, 0.25) is 5.02 Å². The molecule has 0 spiro atoms. The molecule has 0 aromatic heterocycles. The first-order valence-corrected chi connectivity index (χ1v) is 11.2. The Morgan fingerprint density at radius 3 is 2.66 bits per heavy atom. The van der Waals surface area contributed by atoms with Gasteiger partial charge in [0.25, 0.3) is 5.91 Å². The number of halogens is 3. The number of carbonyl (C=O) groups excluding carboxylic acids is 2. The fourth-order valence-electron chi connectivity index (χ4n) is 2.93. The molecule has 0 unspecified atom stereocenters. The van der Waals surface area contributed by atoms with Crippen molar-refractivity contribution >= 4 is 57.8 Å². The lowest BCUT2D eigenvalue weighted by atomic mass is 10.2. The van der Waals surface area contributed by atoms with Crippen molar-refractivity contribution in [2.24, 2.45) is 0 Å². The van der Waals surface area contributed by atoms with E-state index in [0.717, 1.165) is 17.3 Å². The van der Waals surface area contributed by atoms with E-state index in [2.05, 4.69) is 10.1 Å². The first-order valence-electron chi connectivity index (χ1n) is 9.64. The van der Waals surface area contributed by atoms with Crippen molar-refractivity contribution in [3.8, 4) is 5.75 Å². The number of thioether (sulfide) groups is 1. The molecule has 2 aromatic carbocycles. The van der Waals surface area contributed by atoms with E-state index in [4.69, 9.17) is 23.8 Å². The topological polar surface area (TPSA) is 58.6 Å². The number of nitrogens with one attached hydrogen (secondary N) is 1. The van der Waals surface area contributed by atoms with Crippen LogP contribution >= 0.6 is 35.6 Å². The molecule has 10 heteroatoms. The molecule has 32 heavy (non-hydrogen) atoms. The number of alkyl halides is 2. The minimum absolute atomic E-state index is 0.0230. The number of amides is 2. The molecule has 0 aliphatic carbocycles. The second-order valence-electron chi connectivity index (χ2n) is 6.76. The number of hydrogen-bond acceptors (Lipinski definition) is 5. The van der Waals surface area contributed by atoms with Gasteiger partial charge >= 0.3 is 6.61 Å². The molecule has 1 fully saturated rings. The first-order chi connectivity index (χ1) is 15.3. The highest BCUT2D eigenvalue weighted by Crippen LogP contribution is 2.34. The fourth-order valence-corrected chi connectivity index (χ4v) is 4.35. The summed E-state index contributed by atoms with van der Waals surface area (Å²) in [5.41, 5.74) is 1.29. The van der Waals surface area contributed by atoms with E-state index in [-0.39, 0.29) is 30.5 Å². The van der Waals surface area contributed by atoms with Crippen LogP contribution in [0.15, 0.2) is 53.4 Å². The Kier molecular flexibility index (Phi) is 8.60. The Labute approximate surface area is 198 Å². The molecule has 1 aliphatic heterocycles. The van der Waals surface area contributed by atoms with Gasteiger partial charge in [-0.2, -0.15) is 8.78 Å². The van der Waals surface area contributed by atoms with E-state index in [9.17, 15) is 18.4 Å². The lowest BCUT2D eigenvalue weighted by Crippen LogP contribution is -2.30. The van der Waals surface area contributed by atoms with Crippen LogP contribution in [0.4, 0.5) is 8.78 Å². The van der Waals surface area contributed by atoms with Gasteiger partial charge in [0.1, 0.15) is 10.1 Å². The number of ether oxygens (including phenoxy) is 1. The molecule has 168 valence electrons. The van der Waals surface area contributed by atoms with Gasteiger partial charge in [0.15, 0.2) is 0 Å². The summed E-state index contributed by atoms with van der Waals surface area (Å²) in [6.07, 6.45) is 2.14. The normalized spacial score (nSPS) is 15.0. The third kappa shape index (κ3) is 6.75. The SMILES string of the molecule is O=C(CCCN1C(=O)C(=Cc2ccccc2OC(F)F)SC1=S)NCc1ccc(Cl)cc1. The van der Waals surface area contributed by atoms with Crippen LogP contribution < -0.4 is 10.1 Å². The largest absolute Gasteiger partial charge is 0.434 e. The third-order valence-corrected chi connectivity index (χ3v) is 6.11. The number of carbonyl (C=O) groups is 2. The lowest BCUT2D eigenvalue weighted by Gasteiger charge is -2.14. The predicted molar refractivity (Wildman–Crippen MR) is 125 cm³/mol. The van der Waals surface area contributed by atoms with Gasteiger partial charge < -0.3 is 10.1 Å². The van der Waals surface area contributed by atoms with Crippen molar-refractivity contribution in [3.63, 3.8) is 0 Å². The van der Waals surface area contributed by atoms with Crippen molar-refractivity contribution in [1.29, 1.82) is 0 Å². The summed E-state index contributed by atoms with van der Waals surface area (Å²) in [5, 5.41) is 3.45. The van der Waals surface area contributed by atoms with Crippen molar-refractivity contribution < 1.29 is 23.1 Å². The van der Waals surface area contributed by atoms with E-state index in [1.165, 1.54) is 17.0 Å². The zero-order valence-electron chi connectivity index (χ0n) is 16.7. The Balaban J connectivity index is 1.52. The van der Waals surface area contributed by atoms with Gasteiger partial charge in [0.2, 0.25) is 5.91 Å². The zero-order valence-corrected chi connectivity index (χ0v) is 19.1. The molecule has 2 amide bonds. The number of nitrogens with zero attached hydrogens (tertiary/aromatic N) is 1. The van der Waals surface area contributed by atoms with Gasteiger partial charge in [-0.15, -0.1) is 0 Å². The summed E-state index contributed by atoms with van der Waals surface area (Å²) in [6.45, 7) is -2.30. The number of thiocarbonyl (C=S) groups is 1. The number of para-hydroxylation sites is 1. The zero-order chi connectivity index (χ0) is 23.1. The minimum Gasteiger partial charge on any atom is -0.434 e. The monoisotopic (exact) mass is 496 g/mol. The molecule has 3 rings (SSSR count). The van der Waals surface area contributed by atoms with Crippen LogP contribution in [0.3, 0.4) is 0 Å². The van der Waals surface area contributed by atoms with Crippen LogP contribution in [-0.2, 0) is 16.1 Å². The van der Waals surface area contributed by atoms with E-state index < -0.39 is 6.61 Å². The second-order valence-corrected chi connectivity index (χ2v) is 8.87. The van der Waals surface area contributed by atoms with Crippen molar-refractivity contribution in [1.82, 2.24) is 10.2 Å². The number of hydrogen-bond donors (Lipinski definition) is 1. The quantitative estimate of drug-likeness (QED) is 0.380. The summed E-state index contributed by atoms with van der Waals surface area (Å²) in [6, 6.07) is 13.4. The third-order valence-electron chi connectivity index (χ3n) is 4.48. The smallest absolute Gasteiger partial charge is 0.387 e. The average molecular weight is 497 g/mol. The van der Waals surface area contributed by atoms with E-state index >= 15 is 0 Å². The molecule has 5 nitrogen and oxygen atoms in total. The lowest BCUT2D eigenvalue weighted by molar-refractivity contribution is -0.124. The summed E-state index contributed by atoms with van der Waals surface area (Å²) in [4.78, 5) is 26.5.